The lowest BCUT2D eigenvalue weighted by Crippen LogP contribution is -2.45. The first-order valence-corrected chi connectivity index (χ1v) is 10.9. The zero-order valence-electron chi connectivity index (χ0n) is 16.4. The standard InChI is InChI=1S/C23H33NOS/c1-17(2)19-10-12-21(13-11-19)23(3,25)16-24-15-18-6-8-20(9-7-18)22-5-4-14-26-22/h4-9,14,17,19,21,24-25H,10-13,15-16H2,1-3H3. The minimum absolute atomic E-state index is 0.422. The molecule has 2 nitrogen and oxygen atoms in total. The Morgan fingerprint density at radius 2 is 1.81 bits per heavy atom. The molecule has 0 spiro atoms. The Morgan fingerprint density at radius 3 is 2.38 bits per heavy atom. The fraction of sp³-hybridized carbons (Fsp3) is 0.565. The van der Waals surface area contributed by atoms with Gasteiger partial charge < -0.3 is 10.4 Å². The molecule has 2 N–H and O–H groups in total. The van der Waals surface area contributed by atoms with E-state index in [0.717, 1.165) is 31.2 Å². The van der Waals surface area contributed by atoms with Crippen molar-refractivity contribution in [3.8, 4) is 10.4 Å². The van der Waals surface area contributed by atoms with Crippen molar-refractivity contribution in [2.45, 2.75) is 58.6 Å². The molecule has 1 fully saturated rings. The van der Waals surface area contributed by atoms with Gasteiger partial charge in [-0.2, -0.15) is 0 Å². The van der Waals surface area contributed by atoms with Crippen molar-refractivity contribution in [3.63, 3.8) is 0 Å². The first-order chi connectivity index (χ1) is 12.5. The van der Waals surface area contributed by atoms with E-state index in [1.807, 2.05) is 6.92 Å². The van der Waals surface area contributed by atoms with Gasteiger partial charge in [-0.25, -0.2) is 0 Å². The van der Waals surface area contributed by atoms with E-state index in [9.17, 15) is 5.11 Å². The van der Waals surface area contributed by atoms with Crippen LogP contribution >= 0.6 is 11.3 Å². The van der Waals surface area contributed by atoms with Crippen molar-refractivity contribution in [2.75, 3.05) is 6.54 Å². The van der Waals surface area contributed by atoms with E-state index in [0.29, 0.717) is 12.5 Å². The van der Waals surface area contributed by atoms with Crippen LogP contribution in [0.3, 0.4) is 0 Å². The summed E-state index contributed by atoms with van der Waals surface area (Å²) in [6.45, 7) is 8.14. The lowest BCUT2D eigenvalue weighted by Gasteiger charge is -2.39. The molecule has 1 aromatic carbocycles. The van der Waals surface area contributed by atoms with Crippen LogP contribution in [0.15, 0.2) is 41.8 Å². The second-order valence-corrected chi connectivity index (χ2v) is 9.44. The van der Waals surface area contributed by atoms with Gasteiger partial charge in [-0.15, -0.1) is 11.3 Å². The Morgan fingerprint density at radius 1 is 1.12 bits per heavy atom. The predicted molar refractivity (Wildman–Crippen MR) is 112 cm³/mol. The molecule has 0 bridgehead atoms. The molecule has 1 unspecified atom stereocenters. The van der Waals surface area contributed by atoms with Crippen LogP contribution in [0.1, 0.15) is 52.0 Å². The van der Waals surface area contributed by atoms with Gasteiger partial charge in [-0.05, 0) is 72.9 Å². The predicted octanol–water partition coefficient (Wildman–Crippen LogP) is 5.72. The number of aliphatic hydroxyl groups is 1. The van der Waals surface area contributed by atoms with Crippen LogP contribution in [-0.4, -0.2) is 17.3 Å². The number of hydrogen-bond donors (Lipinski definition) is 2. The van der Waals surface area contributed by atoms with Gasteiger partial charge in [0, 0.05) is 18.0 Å². The molecule has 0 saturated heterocycles. The van der Waals surface area contributed by atoms with Gasteiger partial charge in [0.25, 0.3) is 0 Å². The van der Waals surface area contributed by atoms with Crippen molar-refractivity contribution in [3.05, 3.63) is 47.3 Å². The Kier molecular flexibility index (Phi) is 6.55. The molecular formula is C23H33NOS. The fourth-order valence-electron chi connectivity index (χ4n) is 4.24. The van der Waals surface area contributed by atoms with E-state index >= 15 is 0 Å². The lowest BCUT2D eigenvalue weighted by molar-refractivity contribution is -0.0240. The van der Waals surface area contributed by atoms with E-state index < -0.39 is 5.60 Å². The van der Waals surface area contributed by atoms with Crippen LogP contribution in [-0.2, 0) is 6.54 Å². The first kappa shape index (κ1) is 19.6. The van der Waals surface area contributed by atoms with Crippen molar-refractivity contribution in [1.82, 2.24) is 5.32 Å². The molecule has 26 heavy (non-hydrogen) atoms. The minimum Gasteiger partial charge on any atom is -0.389 e. The summed E-state index contributed by atoms with van der Waals surface area (Å²) in [5.74, 6) is 2.04. The number of thiophene rings is 1. The third-order valence-electron chi connectivity index (χ3n) is 6.17. The number of rotatable bonds is 7. The molecule has 1 aliphatic carbocycles. The van der Waals surface area contributed by atoms with Gasteiger partial charge in [0.05, 0.1) is 5.60 Å². The van der Waals surface area contributed by atoms with E-state index in [1.54, 1.807) is 11.3 Å². The first-order valence-electron chi connectivity index (χ1n) is 10.0. The Balaban J connectivity index is 1.46. The summed E-state index contributed by atoms with van der Waals surface area (Å²) in [7, 11) is 0. The smallest absolute Gasteiger partial charge is 0.0771 e. The monoisotopic (exact) mass is 371 g/mol. The van der Waals surface area contributed by atoms with Crippen LogP contribution in [0.4, 0.5) is 0 Å². The second kappa shape index (κ2) is 8.69. The van der Waals surface area contributed by atoms with E-state index in [-0.39, 0.29) is 0 Å². The molecular weight excluding hydrogens is 338 g/mol. The molecule has 2 aromatic rings. The largest absolute Gasteiger partial charge is 0.389 e. The summed E-state index contributed by atoms with van der Waals surface area (Å²) in [4.78, 5) is 1.31. The zero-order chi connectivity index (χ0) is 18.6. The summed E-state index contributed by atoms with van der Waals surface area (Å²) in [6, 6.07) is 13.0. The second-order valence-electron chi connectivity index (χ2n) is 8.49. The molecule has 1 aliphatic rings. The Bertz CT molecular complexity index is 652. The molecule has 0 amide bonds. The highest BCUT2D eigenvalue weighted by Crippen LogP contribution is 2.38. The molecule has 1 atom stereocenters. The average Bonchev–Trinajstić information content (AvgIpc) is 3.17. The van der Waals surface area contributed by atoms with E-state index in [2.05, 4.69) is 60.9 Å². The molecule has 3 rings (SSSR count). The van der Waals surface area contributed by atoms with Gasteiger partial charge >= 0.3 is 0 Å². The molecule has 0 aliphatic heterocycles. The van der Waals surface area contributed by atoms with Gasteiger partial charge in [-0.1, -0.05) is 44.2 Å². The SMILES string of the molecule is CC(C)C1CCC(C(C)(O)CNCc2ccc(-c3cccs3)cc2)CC1. The third kappa shape index (κ3) is 4.97. The van der Waals surface area contributed by atoms with Crippen LogP contribution in [0.25, 0.3) is 10.4 Å². The fourth-order valence-corrected chi connectivity index (χ4v) is 4.97. The number of benzene rings is 1. The summed E-state index contributed by atoms with van der Waals surface area (Å²) in [6.07, 6.45) is 4.85. The van der Waals surface area contributed by atoms with Gasteiger partial charge in [0.1, 0.15) is 0 Å². The zero-order valence-corrected chi connectivity index (χ0v) is 17.2. The number of nitrogens with one attached hydrogen (secondary N) is 1. The average molecular weight is 372 g/mol. The van der Waals surface area contributed by atoms with Gasteiger partial charge in [0.15, 0.2) is 0 Å². The number of hydrogen-bond acceptors (Lipinski definition) is 3. The highest BCUT2D eigenvalue weighted by atomic mass is 32.1. The topological polar surface area (TPSA) is 32.3 Å². The normalized spacial score (nSPS) is 23.1. The highest BCUT2D eigenvalue weighted by Gasteiger charge is 2.35. The van der Waals surface area contributed by atoms with Crippen LogP contribution < -0.4 is 5.32 Å². The van der Waals surface area contributed by atoms with Gasteiger partial charge in [0.2, 0.25) is 0 Å². The molecule has 0 radical (unpaired) electrons. The van der Waals surface area contributed by atoms with Crippen molar-refractivity contribution < 1.29 is 5.11 Å². The summed E-state index contributed by atoms with van der Waals surface area (Å²) in [5.41, 5.74) is 1.93. The molecule has 3 heteroatoms. The van der Waals surface area contributed by atoms with E-state index in [1.165, 1.54) is 28.8 Å². The highest BCUT2D eigenvalue weighted by molar-refractivity contribution is 7.13. The summed E-state index contributed by atoms with van der Waals surface area (Å²) < 4.78 is 0. The summed E-state index contributed by atoms with van der Waals surface area (Å²) in [5, 5.41) is 16.5. The lowest BCUT2D eigenvalue weighted by atomic mass is 9.71. The maximum Gasteiger partial charge on any atom is 0.0771 e. The third-order valence-corrected chi connectivity index (χ3v) is 7.08. The quantitative estimate of drug-likeness (QED) is 0.652. The Hall–Kier alpha value is -1.16. The molecule has 1 aromatic heterocycles. The minimum atomic E-state index is -0.612. The van der Waals surface area contributed by atoms with Crippen LogP contribution in [0.5, 0.6) is 0 Å². The van der Waals surface area contributed by atoms with Crippen molar-refractivity contribution in [2.24, 2.45) is 17.8 Å². The van der Waals surface area contributed by atoms with Gasteiger partial charge in [-0.3, -0.25) is 0 Å². The summed E-state index contributed by atoms with van der Waals surface area (Å²) >= 11 is 1.77. The Labute approximate surface area is 162 Å². The molecule has 1 saturated carbocycles. The van der Waals surface area contributed by atoms with Crippen molar-refractivity contribution in [1.29, 1.82) is 0 Å². The molecule has 1 heterocycles. The van der Waals surface area contributed by atoms with Crippen LogP contribution in [0, 0.1) is 17.8 Å². The maximum absolute atomic E-state index is 11.0. The van der Waals surface area contributed by atoms with Crippen LogP contribution in [0.2, 0.25) is 0 Å². The molecule has 142 valence electrons. The van der Waals surface area contributed by atoms with Crippen molar-refractivity contribution >= 4 is 11.3 Å². The maximum atomic E-state index is 11.0. The van der Waals surface area contributed by atoms with E-state index in [4.69, 9.17) is 0 Å².